The van der Waals surface area contributed by atoms with Gasteiger partial charge in [-0.1, -0.05) is 36.4 Å². The second kappa shape index (κ2) is 10.1. The Balaban J connectivity index is 1.86. The smallest absolute Gasteiger partial charge is 0.341 e. The molecule has 7 heteroatoms. The molecule has 0 atom stereocenters. The van der Waals surface area contributed by atoms with E-state index in [0.717, 1.165) is 33.9 Å². The number of rotatable bonds is 9. The number of methoxy groups -OCH3 is 2. The highest BCUT2D eigenvalue weighted by molar-refractivity contribution is 5.76. The van der Waals surface area contributed by atoms with Gasteiger partial charge in [0.15, 0.2) is 6.61 Å². The molecule has 1 N–H and O–H groups in total. The quantitative estimate of drug-likeness (QED) is 0.378. The van der Waals surface area contributed by atoms with Crippen molar-refractivity contribution in [1.29, 1.82) is 0 Å². The van der Waals surface area contributed by atoms with E-state index in [9.17, 15) is 4.79 Å². The van der Waals surface area contributed by atoms with E-state index in [1.165, 1.54) is 0 Å². The van der Waals surface area contributed by atoms with Gasteiger partial charge < -0.3 is 19.3 Å². The lowest BCUT2D eigenvalue weighted by atomic mass is 10.1. The predicted molar refractivity (Wildman–Crippen MR) is 130 cm³/mol. The van der Waals surface area contributed by atoms with Crippen LogP contribution in [0.1, 0.15) is 11.1 Å². The van der Waals surface area contributed by atoms with Crippen LogP contribution in [0.4, 0.5) is 0 Å². The van der Waals surface area contributed by atoms with Crippen LogP contribution in [0.3, 0.4) is 0 Å². The van der Waals surface area contributed by atoms with Crippen LogP contribution in [-0.4, -0.2) is 41.7 Å². The Morgan fingerprint density at radius 1 is 0.882 bits per heavy atom. The molecule has 174 valence electrons. The lowest BCUT2D eigenvalue weighted by molar-refractivity contribution is -0.139. The van der Waals surface area contributed by atoms with Crippen LogP contribution in [0.5, 0.6) is 17.2 Å². The highest BCUT2D eigenvalue weighted by Crippen LogP contribution is 2.36. The Hall–Kier alpha value is -4.26. The van der Waals surface area contributed by atoms with Crippen molar-refractivity contribution in [2.45, 2.75) is 13.5 Å². The van der Waals surface area contributed by atoms with Gasteiger partial charge in [-0.3, -0.25) is 4.68 Å². The summed E-state index contributed by atoms with van der Waals surface area (Å²) in [6.07, 6.45) is 0. The van der Waals surface area contributed by atoms with Crippen LogP contribution in [0.25, 0.3) is 22.5 Å². The molecule has 0 amide bonds. The van der Waals surface area contributed by atoms with Gasteiger partial charge in [0.2, 0.25) is 0 Å². The monoisotopic (exact) mass is 458 g/mol. The lowest BCUT2D eigenvalue weighted by Gasteiger charge is -2.13. The summed E-state index contributed by atoms with van der Waals surface area (Å²) in [5.41, 5.74) is 5.05. The highest BCUT2D eigenvalue weighted by atomic mass is 16.5. The maximum Gasteiger partial charge on any atom is 0.341 e. The van der Waals surface area contributed by atoms with Crippen LogP contribution in [0.2, 0.25) is 0 Å². The van der Waals surface area contributed by atoms with Gasteiger partial charge in [-0.05, 0) is 48.9 Å². The molecule has 1 heterocycles. The van der Waals surface area contributed by atoms with Crippen molar-refractivity contribution in [2.75, 3.05) is 20.8 Å². The van der Waals surface area contributed by atoms with Crippen molar-refractivity contribution in [3.8, 4) is 39.8 Å². The summed E-state index contributed by atoms with van der Waals surface area (Å²) in [5.74, 6) is 0.924. The summed E-state index contributed by atoms with van der Waals surface area (Å²) < 4.78 is 18.6. The number of ether oxygens (including phenoxy) is 3. The van der Waals surface area contributed by atoms with E-state index in [4.69, 9.17) is 24.4 Å². The Morgan fingerprint density at radius 3 is 2.32 bits per heavy atom. The normalized spacial score (nSPS) is 10.7. The number of aliphatic carboxylic acids is 1. The molecule has 4 aromatic rings. The maximum atomic E-state index is 11.1. The van der Waals surface area contributed by atoms with Crippen LogP contribution in [0, 0.1) is 6.92 Å². The van der Waals surface area contributed by atoms with E-state index < -0.39 is 12.6 Å². The molecule has 0 bridgehead atoms. The number of nitrogens with zero attached hydrogens (tertiary/aromatic N) is 2. The zero-order valence-corrected chi connectivity index (χ0v) is 19.3. The van der Waals surface area contributed by atoms with Crippen molar-refractivity contribution in [1.82, 2.24) is 9.78 Å². The van der Waals surface area contributed by atoms with E-state index in [1.807, 2.05) is 84.4 Å². The number of hydrogen-bond acceptors (Lipinski definition) is 5. The van der Waals surface area contributed by atoms with Gasteiger partial charge in [0, 0.05) is 16.7 Å². The molecule has 3 aromatic carbocycles. The molecule has 34 heavy (non-hydrogen) atoms. The number of carbonyl (C=O) groups is 1. The molecule has 4 rings (SSSR count). The van der Waals surface area contributed by atoms with Gasteiger partial charge in [-0.15, -0.1) is 0 Å². The molecule has 7 nitrogen and oxygen atoms in total. The zero-order valence-electron chi connectivity index (χ0n) is 19.3. The number of hydrogen-bond donors (Lipinski definition) is 1. The fraction of sp³-hybridized carbons (Fsp3) is 0.185. The number of benzene rings is 3. The number of carboxylic acid groups (broad SMARTS) is 1. The Bertz CT molecular complexity index is 1310. The minimum absolute atomic E-state index is 0.433. The third-order valence-electron chi connectivity index (χ3n) is 5.44. The maximum absolute atomic E-state index is 11.1. The summed E-state index contributed by atoms with van der Waals surface area (Å²) in [6, 6.07) is 23.2. The second-order valence-electron chi connectivity index (χ2n) is 7.77. The van der Waals surface area contributed by atoms with E-state index >= 15 is 0 Å². The van der Waals surface area contributed by atoms with Gasteiger partial charge in [-0.2, -0.15) is 5.10 Å². The first kappa shape index (κ1) is 22.9. The van der Waals surface area contributed by atoms with Crippen molar-refractivity contribution in [3.63, 3.8) is 0 Å². The second-order valence-corrected chi connectivity index (χ2v) is 7.77. The Labute approximate surface area is 198 Å². The largest absolute Gasteiger partial charge is 0.496 e. The number of carboxylic acids is 1. The van der Waals surface area contributed by atoms with Gasteiger partial charge in [-0.25, -0.2) is 4.79 Å². The predicted octanol–water partition coefficient (Wildman–Crippen LogP) is 5.05. The van der Waals surface area contributed by atoms with Gasteiger partial charge in [0.25, 0.3) is 0 Å². The van der Waals surface area contributed by atoms with Crippen LogP contribution in [0.15, 0.2) is 72.8 Å². The zero-order chi connectivity index (χ0) is 24.1. The molecule has 0 saturated carbocycles. The highest BCUT2D eigenvalue weighted by Gasteiger charge is 2.19. The molecule has 1 aromatic heterocycles. The molecule has 0 spiro atoms. The first-order valence-electron chi connectivity index (χ1n) is 10.8. The summed E-state index contributed by atoms with van der Waals surface area (Å²) in [7, 11) is 3.28. The van der Waals surface area contributed by atoms with E-state index in [2.05, 4.69) is 0 Å². The molecule has 0 unspecified atom stereocenters. The number of para-hydroxylation sites is 2. The molecule has 0 fully saturated rings. The van der Waals surface area contributed by atoms with Gasteiger partial charge in [0.1, 0.15) is 17.2 Å². The minimum Gasteiger partial charge on any atom is -0.496 e. The first-order chi connectivity index (χ1) is 16.5. The van der Waals surface area contributed by atoms with E-state index in [0.29, 0.717) is 23.6 Å². The number of aryl methyl sites for hydroxylation is 1. The Morgan fingerprint density at radius 2 is 1.59 bits per heavy atom. The summed E-state index contributed by atoms with van der Waals surface area (Å²) in [4.78, 5) is 11.1. The summed E-state index contributed by atoms with van der Waals surface area (Å²) in [5, 5.41) is 14.0. The van der Waals surface area contributed by atoms with Crippen molar-refractivity contribution in [2.24, 2.45) is 0 Å². The third kappa shape index (κ3) is 4.88. The standard InChI is InChI=1S/C27H26N2O5/c1-18-12-13-20(26(14-18)34-17-27(30)31)22-15-23(21-9-5-7-11-25(21)33-3)29(28-22)16-19-8-4-6-10-24(19)32-2/h4-15H,16-17H2,1-3H3,(H,30,31). The fourth-order valence-electron chi connectivity index (χ4n) is 3.84. The average Bonchev–Trinajstić information content (AvgIpc) is 3.26. The summed E-state index contributed by atoms with van der Waals surface area (Å²) in [6.45, 7) is 1.96. The minimum atomic E-state index is -1.04. The van der Waals surface area contributed by atoms with Crippen LogP contribution >= 0.6 is 0 Å². The molecule has 0 aliphatic rings. The molecular formula is C27H26N2O5. The molecule has 0 radical (unpaired) electrons. The first-order valence-corrected chi connectivity index (χ1v) is 10.8. The SMILES string of the molecule is COc1ccccc1Cn1nc(-c2ccc(C)cc2OCC(=O)O)cc1-c1ccccc1OC. The van der Waals surface area contributed by atoms with Crippen LogP contribution in [-0.2, 0) is 11.3 Å². The molecular weight excluding hydrogens is 432 g/mol. The van der Waals surface area contributed by atoms with Crippen molar-refractivity contribution >= 4 is 5.97 Å². The molecule has 0 aliphatic heterocycles. The molecule has 0 aliphatic carbocycles. The fourth-order valence-corrected chi connectivity index (χ4v) is 3.84. The van der Waals surface area contributed by atoms with Gasteiger partial charge in [0.05, 0.1) is 32.2 Å². The van der Waals surface area contributed by atoms with E-state index in [-0.39, 0.29) is 0 Å². The summed E-state index contributed by atoms with van der Waals surface area (Å²) >= 11 is 0. The van der Waals surface area contributed by atoms with Crippen LogP contribution < -0.4 is 14.2 Å². The number of aromatic nitrogens is 2. The average molecular weight is 459 g/mol. The van der Waals surface area contributed by atoms with Crippen molar-refractivity contribution in [3.05, 3.63) is 83.9 Å². The Kier molecular flexibility index (Phi) is 6.82. The molecule has 0 saturated heterocycles. The lowest BCUT2D eigenvalue weighted by Crippen LogP contribution is -2.10. The van der Waals surface area contributed by atoms with Crippen molar-refractivity contribution < 1.29 is 24.1 Å². The van der Waals surface area contributed by atoms with Gasteiger partial charge >= 0.3 is 5.97 Å². The third-order valence-corrected chi connectivity index (χ3v) is 5.44. The van der Waals surface area contributed by atoms with E-state index in [1.54, 1.807) is 14.2 Å². The topological polar surface area (TPSA) is 82.8 Å².